The molecule has 0 fully saturated rings. The van der Waals surface area contributed by atoms with Gasteiger partial charge in [-0.2, -0.15) is 0 Å². The van der Waals surface area contributed by atoms with Gasteiger partial charge in [-0.05, 0) is 18.4 Å². The van der Waals surface area contributed by atoms with Crippen LogP contribution < -0.4 is 5.49 Å². The van der Waals surface area contributed by atoms with E-state index in [2.05, 4.69) is 5.16 Å². The smallest absolute Gasteiger partial charge is 0.184 e. The lowest BCUT2D eigenvalue weighted by Crippen LogP contribution is -2.25. The Morgan fingerprint density at radius 2 is 2.44 bits per heavy atom. The summed E-state index contributed by atoms with van der Waals surface area (Å²) in [5.74, 6) is 0. The largest absolute Gasteiger partial charge is 0.409 e. The maximum atomic E-state index is 11.0. The summed E-state index contributed by atoms with van der Waals surface area (Å²) in [7, 11) is 0. The number of aromatic nitrogens is 1. The van der Waals surface area contributed by atoms with Crippen molar-refractivity contribution in [1.82, 2.24) is 4.57 Å². The van der Waals surface area contributed by atoms with E-state index in [0.717, 1.165) is 10.2 Å². The van der Waals surface area contributed by atoms with Crippen LogP contribution in [0.3, 0.4) is 0 Å². The first-order chi connectivity index (χ1) is 7.74. The van der Waals surface area contributed by atoms with Crippen molar-refractivity contribution in [2.75, 3.05) is 0 Å². The maximum Gasteiger partial charge on any atom is 0.184 e. The van der Waals surface area contributed by atoms with Gasteiger partial charge < -0.3 is 9.77 Å². The number of rotatable bonds is 2. The Kier molecular flexibility index (Phi) is 2.98. The highest BCUT2D eigenvalue weighted by atomic mass is 35.5. The molecular weight excluding hydrogens is 248 g/mol. The van der Waals surface area contributed by atoms with E-state index in [0.29, 0.717) is 17.9 Å². The summed E-state index contributed by atoms with van der Waals surface area (Å²) >= 11 is 7.55. The van der Waals surface area contributed by atoms with Crippen molar-refractivity contribution >= 4 is 39.4 Å². The number of halogens is 1. The van der Waals surface area contributed by atoms with Gasteiger partial charge in [-0.15, -0.1) is 11.3 Å². The monoisotopic (exact) mass is 256 g/mol. The van der Waals surface area contributed by atoms with Crippen LogP contribution in [0.4, 0.5) is 0 Å². The third-order valence-electron chi connectivity index (χ3n) is 2.40. The van der Waals surface area contributed by atoms with Crippen molar-refractivity contribution < 1.29 is 10.0 Å². The highest BCUT2D eigenvalue weighted by Crippen LogP contribution is 2.29. The highest BCUT2D eigenvalue weighted by Gasteiger charge is 2.13. The van der Waals surface area contributed by atoms with E-state index < -0.39 is 0 Å². The van der Waals surface area contributed by atoms with Gasteiger partial charge in [-0.3, -0.25) is 4.79 Å². The van der Waals surface area contributed by atoms with E-state index >= 15 is 0 Å². The van der Waals surface area contributed by atoms with Gasteiger partial charge in [0.25, 0.3) is 0 Å². The lowest BCUT2D eigenvalue weighted by Gasteiger charge is -2.09. The third-order valence-corrected chi connectivity index (χ3v) is 3.82. The normalized spacial score (nSPS) is 12.2. The molecule has 2 aromatic heterocycles. The molecule has 0 amide bonds. The second-order valence-corrected chi connectivity index (χ2v) is 4.44. The Hall–Kier alpha value is -1.33. The van der Waals surface area contributed by atoms with Crippen molar-refractivity contribution in [3.63, 3.8) is 0 Å². The topological polar surface area (TPSA) is 54.6 Å². The number of carbonyl (C=O) groups is 1. The summed E-state index contributed by atoms with van der Waals surface area (Å²) in [6.45, 7) is 2.51. The average molecular weight is 257 g/mol. The minimum Gasteiger partial charge on any atom is -0.409 e. The first-order valence-corrected chi connectivity index (χ1v) is 5.93. The first-order valence-electron chi connectivity index (χ1n) is 4.67. The zero-order valence-corrected chi connectivity index (χ0v) is 10.0. The van der Waals surface area contributed by atoms with Crippen LogP contribution >= 0.6 is 22.9 Å². The Balaban J connectivity index is 3.08. The van der Waals surface area contributed by atoms with Gasteiger partial charge in [0.15, 0.2) is 11.8 Å². The van der Waals surface area contributed by atoms with E-state index in [-0.39, 0.29) is 11.1 Å². The van der Waals surface area contributed by atoms with Crippen LogP contribution in [0, 0.1) is 0 Å². The van der Waals surface area contributed by atoms with E-state index in [1.807, 2.05) is 18.4 Å². The van der Waals surface area contributed by atoms with Gasteiger partial charge >= 0.3 is 0 Å². The number of aldehydes is 1. The summed E-state index contributed by atoms with van der Waals surface area (Å²) < 4.78 is 2.58. The minimum absolute atomic E-state index is 0.202. The van der Waals surface area contributed by atoms with Crippen molar-refractivity contribution in [3.05, 3.63) is 27.5 Å². The predicted molar refractivity (Wildman–Crippen MR) is 63.2 cm³/mol. The van der Waals surface area contributed by atoms with Gasteiger partial charge in [0, 0.05) is 6.54 Å². The lowest BCUT2D eigenvalue weighted by atomic mass is 10.2. The van der Waals surface area contributed by atoms with Gasteiger partial charge in [-0.1, -0.05) is 16.8 Å². The van der Waals surface area contributed by atoms with Crippen LogP contribution in [0.2, 0.25) is 5.02 Å². The van der Waals surface area contributed by atoms with Gasteiger partial charge in [0.2, 0.25) is 0 Å². The molecule has 16 heavy (non-hydrogen) atoms. The number of aryl methyl sites for hydroxylation is 1. The molecule has 0 aliphatic heterocycles. The van der Waals surface area contributed by atoms with Crippen molar-refractivity contribution in [1.29, 1.82) is 0 Å². The fraction of sp³-hybridized carbons (Fsp3) is 0.200. The quantitative estimate of drug-likeness (QED) is 0.510. The second-order valence-electron chi connectivity index (χ2n) is 3.15. The molecule has 0 bridgehead atoms. The van der Waals surface area contributed by atoms with Crippen LogP contribution in [0.1, 0.15) is 17.3 Å². The molecule has 0 saturated carbocycles. The Bertz CT molecular complexity index is 615. The summed E-state index contributed by atoms with van der Waals surface area (Å²) in [6, 6.07) is 1.89. The molecule has 6 heteroatoms. The molecule has 2 heterocycles. The summed E-state index contributed by atoms with van der Waals surface area (Å²) in [5, 5.41) is 14.4. The molecule has 0 aromatic carbocycles. The molecule has 84 valence electrons. The number of hydrogen-bond acceptors (Lipinski definition) is 4. The second kappa shape index (κ2) is 4.27. The number of pyridine rings is 1. The van der Waals surface area contributed by atoms with Gasteiger partial charge in [0.1, 0.15) is 0 Å². The van der Waals surface area contributed by atoms with E-state index in [9.17, 15) is 4.79 Å². The van der Waals surface area contributed by atoms with E-state index in [1.54, 1.807) is 4.57 Å². The lowest BCUT2D eigenvalue weighted by molar-refractivity contribution is 0.112. The number of hydrogen-bond donors (Lipinski definition) is 1. The molecule has 1 N–H and O–H groups in total. The fourth-order valence-electron chi connectivity index (χ4n) is 1.69. The molecule has 4 nitrogen and oxygen atoms in total. The highest BCUT2D eigenvalue weighted by molar-refractivity contribution is 7.17. The minimum atomic E-state index is 0.202. The molecule has 2 aromatic rings. The van der Waals surface area contributed by atoms with E-state index in [1.165, 1.54) is 11.3 Å². The standard InChI is InChI=1S/C10H9ClN2O2S/c1-2-13-7-3-4-16-9(7)8(11)6(5-14)10(13)12-15/h3-5,15H,2H2,1H3. The Morgan fingerprint density at radius 3 is 3.00 bits per heavy atom. The number of nitrogens with zero attached hydrogens (tertiary/aromatic N) is 2. The summed E-state index contributed by atoms with van der Waals surface area (Å²) in [4.78, 5) is 11.0. The van der Waals surface area contributed by atoms with Crippen molar-refractivity contribution in [2.24, 2.45) is 5.16 Å². The molecule has 0 spiro atoms. The average Bonchev–Trinajstić information content (AvgIpc) is 2.77. The van der Waals surface area contributed by atoms with E-state index in [4.69, 9.17) is 16.8 Å². The van der Waals surface area contributed by atoms with Crippen LogP contribution in [-0.4, -0.2) is 16.1 Å². The molecular formula is C10H9ClN2O2S. The molecule has 0 unspecified atom stereocenters. The fourth-order valence-corrected chi connectivity index (χ4v) is 2.90. The molecule has 0 saturated heterocycles. The summed E-state index contributed by atoms with van der Waals surface area (Å²) in [5.41, 5.74) is 1.30. The predicted octanol–water partition coefficient (Wildman–Crippen LogP) is 2.48. The number of fused-ring (bicyclic) bond motifs is 1. The molecule has 0 atom stereocenters. The Morgan fingerprint density at radius 1 is 1.69 bits per heavy atom. The molecule has 2 rings (SSSR count). The Labute approximate surface area is 100 Å². The zero-order chi connectivity index (χ0) is 11.7. The van der Waals surface area contributed by atoms with Crippen LogP contribution in [-0.2, 0) is 6.54 Å². The number of carbonyl (C=O) groups excluding carboxylic acids is 1. The third kappa shape index (κ3) is 1.44. The van der Waals surface area contributed by atoms with Crippen LogP contribution in [0.5, 0.6) is 0 Å². The van der Waals surface area contributed by atoms with Crippen LogP contribution in [0.15, 0.2) is 16.6 Å². The summed E-state index contributed by atoms with van der Waals surface area (Å²) in [6.07, 6.45) is 0.614. The number of thiophene rings is 1. The van der Waals surface area contributed by atoms with Gasteiger partial charge in [0.05, 0.1) is 20.8 Å². The SMILES string of the molecule is CCn1c(=NO)c(C=O)c(Cl)c2sccc21. The maximum absolute atomic E-state index is 11.0. The molecule has 0 aliphatic rings. The van der Waals surface area contributed by atoms with Crippen molar-refractivity contribution in [3.8, 4) is 0 Å². The molecule has 0 aliphatic carbocycles. The molecule has 0 radical (unpaired) electrons. The van der Waals surface area contributed by atoms with Crippen molar-refractivity contribution in [2.45, 2.75) is 13.5 Å². The van der Waals surface area contributed by atoms with Crippen LogP contribution in [0.25, 0.3) is 10.2 Å². The first kappa shape index (κ1) is 11.2. The van der Waals surface area contributed by atoms with Gasteiger partial charge in [-0.25, -0.2) is 0 Å². The zero-order valence-electron chi connectivity index (χ0n) is 8.48.